The van der Waals surface area contributed by atoms with E-state index in [9.17, 15) is 19.5 Å². The standard InChI is InChI=1S/C26H31N5O6/c1-4-11-30-22-9-8-20(31-23(34)15-24(31)37-18(3)33)14-21(22)26(36,25(30)35)17(2)7-5-6-12-29-16-19(10-13-32)27-28-29/h4-5,7-9,14,16-17,24,32,36H,1,6,10-13,15H2,2-3H3/b7-5+/t17-,24?,26+/m1/s1. The molecule has 2 aliphatic heterocycles. The number of hydrogen-bond acceptors (Lipinski definition) is 8. The van der Waals surface area contributed by atoms with Gasteiger partial charge >= 0.3 is 5.97 Å². The van der Waals surface area contributed by atoms with Crippen molar-refractivity contribution in [2.45, 2.75) is 51.5 Å². The third kappa shape index (κ3) is 4.92. The number of benzene rings is 1. The highest BCUT2D eigenvalue weighted by Gasteiger charge is 2.53. The summed E-state index contributed by atoms with van der Waals surface area (Å²) in [5, 5.41) is 28.8. The molecule has 196 valence electrons. The van der Waals surface area contributed by atoms with Crippen molar-refractivity contribution >= 4 is 29.2 Å². The van der Waals surface area contributed by atoms with E-state index in [0.29, 0.717) is 42.0 Å². The average Bonchev–Trinajstić information content (AvgIpc) is 3.38. The summed E-state index contributed by atoms with van der Waals surface area (Å²) in [6.07, 6.45) is 7.40. The smallest absolute Gasteiger partial charge is 0.304 e. The van der Waals surface area contributed by atoms with Crippen molar-refractivity contribution in [2.24, 2.45) is 5.92 Å². The number of aliphatic hydroxyl groups is 2. The highest BCUT2D eigenvalue weighted by molar-refractivity contribution is 6.08. The summed E-state index contributed by atoms with van der Waals surface area (Å²) in [6.45, 7) is 7.52. The van der Waals surface area contributed by atoms with E-state index in [0.717, 1.165) is 0 Å². The number of carbonyl (C=O) groups excluding carboxylic acids is 3. The molecule has 0 radical (unpaired) electrons. The van der Waals surface area contributed by atoms with Crippen molar-refractivity contribution in [1.29, 1.82) is 0 Å². The number of amides is 2. The molecule has 2 amide bonds. The quantitative estimate of drug-likeness (QED) is 0.264. The summed E-state index contributed by atoms with van der Waals surface area (Å²) < 4.78 is 6.89. The van der Waals surface area contributed by atoms with Crippen LogP contribution in [-0.2, 0) is 37.7 Å². The second-order valence-electron chi connectivity index (χ2n) is 9.16. The molecule has 1 fully saturated rings. The van der Waals surface area contributed by atoms with Gasteiger partial charge in [0.25, 0.3) is 5.91 Å². The Hall–Kier alpha value is -3.83. The van der Waals surface area contributed by atoms with Gasteiger partial charge in [-0.15, -0.1) is 11.7 Å². The Morgan fingerprint density at radius 2 is 2.16 bits per heavy atom. The molecule has 11 nitrogen and oxygen atoms in total. The van der Waals surface area contributed by atoms with E-state index in [2.05, 4.69) is 16.9 Å². The first-order valence-electron chi connectivity index (χ1n) is 12.2. The van der Waals surface area contributed by atoms with Crippen LogP contribution in [0.3, 0.4) is 0 Å². The van der Waals surface area contributed by atoms with Gasteiger partial charge in [0.05, 0.1) is 17.8 Å². The maximum absolute atomic E-state index is 13.5. The zero-order valence-electron chi connectivity index (χ0n) is 20.9. The molecule has 2 aromatic rings. The lowest BCUT2D eigenvalue weighted by molar-refractivity contribution is -0.153. The number of hydrogen-bond donors (Lipinski definition) is 2. The van der Waals surface area contributed by atoms with E-state index in [1.807, 2.05) is 6.08 Å². The average molecular weight is 510 g/mol. The van der Waals surface area contributed by atoms with Gasteiger partial charge in [-0.2, -0.15) is 0 Å². The number of anilines is 2. The number of allylic oxidation sites excluding steroid dienone is 1. The van der Waals surface area contributed by atoms with Gasteiger partial charge in [-0.05, 0) is 24.6 Å². The topological polar surface area (TPSA) is 138 Å². The molecule has 3 atom stereocenters. The Morgan fingerprint density at radius 1 is 1.38 bits per heavy atom. The molecule has 0 saturated carbocycles. The molecular formula is C26H31N5O6. The van der Waals surface area contributed by atoms with Gasteiger partial charge in [0.2, 0.25) is 5.91 Å². The highest BCUT2D eigenvalue weighted by Crippen LogP contribution is 2.47. The SMILES string of the molecule is C=CCN1C(=O)[C@](O)([C@H](C)/C=C/CCn2cc(CCO)nn2)c2cc(N3C(=O)CC3OC(C)=O)ccc21. The molecule has 1 aromatic carbocycles. The molecule has 3 heterocycles. The summed E-state index contributed by atoms with van der Waals surface area (Å²) in [6, 6.07) is 4.98. The number of aromatic nitrogens is 3. The van der Waals surface area contributed by atoms with Gasteiger partial charge in [0.1, 0.15) is 0 Å². The van der Waals surface area contributed by atoms with Crippen LogP contribution >= 0.6 is 0 Å². The first kappa shape index (κ1) is 26.2. The molecule has 0 aliphatic carbocycles. The van der Waals surface area contributed by atoms with Gasteiger partial charge in [0.15, 0.2) is 11.8 Å². The molecule has 2 aliphatic rings. The number of nitrogens with zero attached hydrogens (tertiary/aromatic N) is 5. The Morgan fingerprint density at radius 3 is 2.84 bits per heavy atom. The second-order valence-corrected chi connectivity index (χ2v) is 9.16. The molecule has 2 N–H and O–H groups in total. The van der Waals surface area contributed by atoms with E-state index < -0.39 is 29.6 Å². The normalized spacial score (nSPS) is 21.8. The zero-order chi connectivity index (χ0) is 26.7. The maximum atomic E-state index is 13.5. The molecule has 1 aromatic heterocycles. The lowest BCUT2D eigenvalue weighted by atomic mass is 9.82. The predicted molar refractivity (Wildman–Crippen MR) is 134 cm³/mol. The Balaban J connectivity index is 1.57. The summed E-state index contributed by atoms with van der Waals surface area (Å²) in [4.78, 5) is 40.0. The summed E-state index contributed by atoms with van der Waals surface area (Å²) in [7, 11) is 0. The third-order valence-corrected chi connectivity index (χ3v) is 6.61. The Labute approximate surface area is 214 Å². The molecule has 37 heavy (non-hydrogen) atoms. The van der Waals surface area contributed by atoms with E-state index in [1.54, 1.807) is 48.2 Å². The van der Waals surface area contributed by atoms with E-state index >= 15 is 0 Å². The van der Waals surface area contributed by atoms with Gasteiger partial charge in [-0.25, -0.2) is 0 Å². The number of rotatable bonds is 11. The third-order valence-electron chi connectivity index (χ3n) is 6.61. The maximum Gasteiger partial charge on any atom is 0.304 e. The number of β-lactam (4-membered cyclic amide) rings is 1. The number of aryl methyl sites for hydroxylation is 1. The highest BCUT2D eigenvalue weighted by atomic mass is 16.6. The summed E-state index contributed by atoms with van der Waals surface area (Å²) >= 11 is 0. The predicted octanol–water partition coefficient (Wildman–Crippen LogP) is 1.44. The summed E-state index contributed by atoms with van der Waals surface area (Å²) in [5.41, 5.74) is 0.190. The summed E-state index contributed by atoms with van der Waals surface area (Å²) in [5.74, 6) is -1.79. The fourth-order valence-electron chi connectivity index (χ4n) is 4.70. The van der Waals surface area contributed by atoms with Crippen LogP contribution in [0.1, 0.15) is 37.9 Å². The van der Waals surface area contributed by atoms with Crippen LogP contribution in [0.25, 0.3) is 0 Å². The molecule has 4 rings (SSSR count). The molecule has 11 heteroatoms. The zero-order valence-corrected chi connectivity index (χ0v) is 20.9. The van der Waals surface area contributed by atoms with Crippen LogP contribution in [-0.4, -0.2) is 62.4 Å². The van der Waals surface area contributed by atoms with Crippen molar-refractivity contribution in [3.05, 3.63) is 60.5 Å². The van der Waals surface area contributed by atoms with E-state index in [4.69, 9.17) is 9.84 Å². The van der Waals surface area contributed by atoms with Crippen LogP contribution in [0, 0.1) is 5.92 Å². The van der Waals surface area contributed by atoms with Crippen LogP contribution in [0.5, 0.6) is 0 Å². The molecule has 1 saturated heterocycles. The Kier molecular flexibility index (Phi) is 7.55. The monoisotopic (exact) mass is 509 g/mol. The van der Waals surface area contributed by atoms with Crippen LogP contribution in [0.2, 0.25) is 0 Å². The number of fused-ring (bicyclic) bond motifs is 1. The fourth-order valence-corrected chi connectivity index (χ4v) is 4.70. The molecule has 0 bridgehead atoms. The number of esters is 1. The van der Waals surface area contributed by atoms with Crippen LogP contribution in [0.15, 0.2) is 49.2 Å². The minimum absolute atomic E-state index is 0.00507. The fraction of sp³-hybridized carbons (Fsp3) is 0.423. The van der Waals surface area contributed by atoms with Gasteiger partial charge in [0, 0.05) is 56.4 Å². The first-order valence-corrected chi connectivity index (χ1v) is 12.2. The largest absolute Gasteiger partial charge is 0.441 e. The molecule has 0 spiro atoms. The van der Waals surface area contributed by atoms with Crippen molar-refractivity contribution in [3.8, 4) is 0 Å². The number of ether oxygens (including phenoxy) is 1. The molecular weight excluding hydrogens is 478 g/mol. The van der Waals surface area contributed by atoms with Crippen LogP contribution < -0.4 is 9.80 Å². The minimum atomic E-state index is -1.86. The minimum Gasteiger partial charge on any atom is -0.441 e. The number of aliphatic hydroxyl groups excluding tert-OH is 1. The van der Waals surface area contributed by atoms with Crippen molar-refractivity contribution in [1.82, 2.24) is 15.0 Å². The number of carbonyl (C=O) groups is 3. The van der Waals surface area contributed by atoms with Crippen LogP contribution in [0.4, 0.5) is 11.4 Å². The van der Waals surface area contributed by atoms with Crippen molar-refractivity contribution in [3.63, 3.8) is 0 Å². The Bertz CT molecular complexity index is 1240. The lowest BCUT2D eigenvalue weighted by Gasteiger charge is -2.39. The van der Waals surface area contributed by atoms with E-state index in [-0.39, 0.29) is 25.5 Å². The van der Waals surface area contributed by atoms with Gasteiger partial charge < -0.3 is 19.8 Å². The lowest BCUT2D eigenvalue weighted by Crippen LogP contribution is -2.55. The molecule has 1 unspecified atom stereocenters. The second kappa shape index (κ2) is 10.7. The van der Waals surface area contributed by atoms with E-state index in [1.165, 1.54) is 16.7 Å². The van der Waals surface area contributed by atoms with Crippen molar-refractivity contribution < 1.29 is 29.3 Å². The first-order chi connectivity index (χ1) is 17.7. The van der Waals surface area contributed by atoms with Crippen molar-refractivity contribution in [2.75, 3.05) is 23.0 Å². The van der Waals surface area contributed by atoms with Gasteiger partial charge in [-0.1, -0.05) is 30.4 Å². The van der Waals surface area contributed by atoms with Gasteiger partial charge in [-0.3, -0.25) is 24.0 Å².